The molecule has 0 N–H and O–H groups in total. The van der Waals surface area contributed by atoms with Gasteiger partial charge in [0, 0.05) is 0 Å². The van der Waals surface area contributed by atoms with Gasteiger partial charge in [0.1, 0.15) is 0 Å². The Morgan fingerprint density at radius 2 is 2.00 bits per heavy atom. The van der Waals surface area contributed by atoms with Crippen molar-refractivity contribution in [2.45, 2.75) is 21.5 Å². The zero-order chi connectivity index (χ0) is 8.65. The average molecular weight is 353 g/mol. The second-order valence-corrected chi connectivity index (χ2v) is 9.03. The zero-order valence-corrected chi connectivity index (χ0v) is 10.3. The Morgan fingerprint density at radius 3 is 2.18 bits per heavy atom. The molecule has 1 saturated heterocycles. The van der Waals surface area contributed by atoms with Gasteiger partial charge in [-0.2, -0.15) is 0 Å². The number of rotatable bonds is 0. The average Bonchev–Trinajstić information content (AvgIpc) is 2.11. The van der Waals surface area contributed by atoms with Crippen LogP contribution in [-0.4, -0.2) is 20.5 Å². The summed E-state index contributed by atoms with van der Waals surface area (Å²) in [6.45, 7) is 1.64. The lowest BCUT2D eigenvalue weighted by atomic mass is 10.4. The van der Waals surface area contributed by atoms with Crippen LogP contribution in [0, 0.1) is 0 Å². The molecule has 64 valence electrons. The van der Waals surface area contributed by atoms with E-state index in [1.54, 1.807) is 6.92 Å². The second-order valence-electron chi connectivity index (χ2n) is 2.09. The SMILES string of the molecule is CC1OC(C(Br)(Br)Br)OC1=O. The smallest absolute Gasteiger partial charge is 0.337 e. The van der Waals surface area contributed by atoms with E-state index in [1.165, 1.54) is 0 Å². The van der Waals surface area contributed by atoms with E-state index in [-0.39, 0.29) is 5.97 Å². The standard InChI is InChI=1S/C5H5Br3O3/c1-2-3(9)11-4(10-2)5(6,7)8/h2,4H,1H3. The summed E-state index contributed by atoms with van der Waals surface area (Å²) in [5.41, 5.74) is 0. The number of hydrogen-bond acceptors (Lipinski definition) is 3. The maximum atomic E-state index is 10.8. The second kappa shape index (κ2) is 3.32. The number of carbonyl (C=O) groups is 1. The van der Waals surface area contributed by atoms with Gasteiger partial charge in [-0.05, 0) is 6.92 Å². The molecule has 2 atom stereocenters. The van der Waals surface area contributed by atoms with Crippen molar-refractivity contribution >= 4 is 53.8 Å². The van der Waals surface area contributed by atoms with Crippen LogP contribution in [0.25, 0.3) is 0 Å². The van der Waals surface area contributed by atoms with Crippen molar-refractivity contribution in [3.8, 4) is 0 Å². The summed E-state index contributed by atoms with van der Waals surface area (Å²) in [6, 6.07) is 0. The summed E-state index contributed by atoms with van der Waals surface area (Å²) in [4.78, 5) is 10.8. The fourth-order valence-corrected chi connectivity index (χ4v) is 1.22. The van der Waals surface area contributed by atoms with Gasteiger partial charge >= 0.3 is 5.97 Å². The summed E-state index contributed by atoms with van der Waals surface area (Å²) in [5.74, 6) is -0.349. The van der Waals surface area contributed by atoms with Crippen LogP contribution in [0.4, 0.5) is 0 Å². The van der Waals surface area contributed by atoms with Gasteiger partial charge < -0.3 is 9.47 Å². The molecule has 0 radical (unpaired) electrons. The van der Waals surface area contributed by atoms with Crippen molar-refractivity contribution in [1.82, 2.24) is 0 Å². The van der Waals surface area contributed by atoms with E-state index in [0.29, 0.717) is 0 Å². The maximum Gasteiger partial charge on any atom is 0.337 e. The lowest BCUT2D eigenvalue weighted by Crippen LogP contribution is -2.25. The van der Waals surface area contributed by atoms with Crippen LogP contribution in [0.1, 0.15) is 6.92 Å². The van der Waals surface area contributed by atoms with Crippen LogP contribution >= 0.6 is 47.8 Å². The Balaban J connectivity index is 2.61. The van der Waals surface area contributed by atoms with Crippen LogP contribution < -0.4 is 0 Å². The van der Waals surface area contributed by atoms with Gasteiger partial charge in [0.2, 0.25) is 6.29 Å². The molecule has 0 aromatic heterocycles. The normalized spacial score (nSPS) is 32.2. The van der Waals surface area contributed by atoms with E-state index in [1.807, 2.05) is 0 Å². The number of hydrogen-bond donors (Lipinski definition) is 0. The summed E-state index contributed by atoms with van der Waals surface area (Å²) in [7, 11) is 0. The van der Waals surface area contributed by atoms with Crippen molar-refractivity contribution in [2.24, 2.45) is 0 Å². The van der Waals surface area contributed by atoms with E-state index in [0.717, 1.165) is 0 Å². The number of esters is 1. The van der Waals surface area contributed by atoms with E-state index in [4.69, 9.17) is 9.47 Å². The van der Waals surface area contributed by atoms with Crippen LogP contribution in [-0.2, 0) is 14.3 Å². The molecule has 0 aromatic rings. The molecular formula is C5H5Br3O3. The molecule has 0 bridgehead atoms. The molecule has 1 aliphatic rings. The van der Waals surface area contributed by atoms with Crippen molar-refractivity contribution in [3.63, 3.8) is 0 Å². The number of cyclic esters (lactones) is 1. The third kappa shape index (κ3) is 2.40. The largest absolute Gasteiger partial charge is 0.430 e. The molecule has 0 aromatic carbocycles. The van der Waals surface area contributed by atoms with Crippen molar-refractivity contribution in [1.29, 1.82) is 0 Å². The minimum Gasteiger partial charge on any atom is -0.430 e. The van der Waals surface area contributed by atoms with Crippen LogP contribution in [0.15, 0.2) is 0 Å². The molecule has 0 amide bonds. The monoisotopic (exact) mass is 350 g/mol. The molecule has 3 nitrogen and oxygen atoms in total. The highest BCUT2D eigenvalue weighted by atomic mass is 80.0. The van der Waals surface area contributed by atoms with Crippen molar-refractivity contribution < 1.29 is 14.3 Å². The molecule has 1 fully saturated rings. The minimum absolute atomic E-state index is 0.349. The molecule has 2 unspecified atom stereocenters. The highest BCUT2D eigenvalue weighted by Gasteiger charge is 2.43. The summed E-state index contributed by atoms with van der Waals surface area (Å²) >= 11 is 9.57. The topological polar surface area (TPSA) is 35.5 Å². The third-order valence-corrected chi connectivity index (χ3v) is 2.27. The molecule has 6 heteroatoms. The van der Waals surface area contributed by atoms with Gasteiger partial charge in [-0.25, -0.2) is 4.79 Å². The Labute approximate surface area is 89.2 Å². The van der Waals surface area contributed by atoms with Gasteiger partial charge in [0.15, 0.2) is 8.25 Å². The predicted octanol–water partition coefficient (Wildman–Crippen LogP) is 2.11. The van der Waals surface area contributed by atoms with Gasteiger partial charge in [0.25, 0.3) is 0 Å². The van der Waals surface area contributed by atoms with Crippen molar-refractivity contribution in [3.05, 3.63) is 0 Å². The molecule has 1 rings (SSSR count). The molecule has 1 aliphatic heterocycles. The predicted molar refractivity (Wildman–Crippen MR) is 49.9 cm³/mol. The van der Waals surface area contributed by atoms with Crippen LogP contribution in [0.5, 0.6) is 0 Å². The number of halogens is 3. The first-order valence-corrected chi connectivity index (χ1v) is 5.22. The van der Waals surface area contributed by atoms with E-state index < -0.39 is 14.5 Å². The molecule has 0 aliphatic carbocycles. The minimum atomic E-state index is -0.687. The highest BCUT2D eigenvalue weighted by Crippen LogP contribution is 2.41. The number of alkyl halides is 3. The Morgan fingerprint density at radius 1 is 1.45 bits per heavy atom. The molecule has 1 heterocycles. The lowest BCUT2D eigenvalue weighted by Gasteiger charge is -2.17. The summed E-state index contributed by atoms with van der Waals surface area (Å²) in [5, 5.41) is 0. The van der Waals surface area contributed by atoms with Gasteiger partial charge in [0.05, 0.1) is 0 Å². The van der Waals surface area contributed by atoms with Crippen LogP contribution in [0.2, 0.25) is 0 Å². The first-order valence-electron chi connectivity index (χ1n) is 2.84. The van der Waals surface area contributed by atoms with E-state index in [9.17, 15) is 4.79 Å². The Kier molecular flexibility index (Phi) is 3.00. The quantitative estimate of drug-likeness (QED) is 0.495. The molecular weight excluding hydrogens is 348 g/mol. The zero-order valence-electron chi connectivity index (χ0n) is 5.51. The van der Waals surface area contributed by atoms with Crippen molar-refractivity contribution in [2.75, 3.05) is 0 Å². The van der Waals surface area contributed by atoms with Gasteiger partial charge in [-0.15, -0.1) is 0 Å². The Hall–Kier alpha value is 0.870. The fraction of sp³-hybridized carbons (Fsp3) is 0.800. The molecule has 0 spiro atoms. The van der Waals surface area contributed by atoms with Crippen LogP contribution in [0.3, 0.4) is 0 Å². The summed E-state index contributed by atoms with van der Waals surface area (Å²) in [6.07, 6.45) is -1.13. The summed E-state index contributed by atoms with van der Waals surface area (Å²) < 4.78 is 9.27. The highest BCUT2D eigenvalue weighted by molar-refractivity contribution is 9.39. The fourth-order valence-electron chi connectivity index (χ4n) is 0.614. The van der Waals surface area contributed by atoms with Gasteiger partial charge in [-0.3, -0.25) is 0 Å². The maximum absolute atomic E-state index is 10.8. The van der Waals surface area contributed by atoms with E-state index in [2.05, 4.69) is 47.8 Å². The third-order valence-electron chi connectivity index (χ3n) is 1.15. The van der Waals surface area contributed by atoms with E-state index >= 15 is 0 Å². The Bertz CT molecular complexity index is 176. The number of carbonyl (C=O) groups excluding carboxylic acids is 1. The lowest BCUT2D eigenvalue weighted by molar-refractivity contribution is -0.142. The first-order chi connectivity index (χ1) is 4.91. The van der Waals surface area contributed by atoms with Gasteiger partial charge in [-0.1, -0.05) is 47.8 Å². The number of ether oxygens (including phenoxy) is 2. The first kappa shape index (κ1) is 9.95. The molecule has 11 heavy (non-hydrogen) atoms. The molecule has 0 saturated carbocycles.